The van der Waals surface area contributed by atoms with Gasteiger partial charge in [0.25, 0.3) is 5.71 Å². The van der Waals surface area contributed by atoms with Crippen molar-refractivity contribution in [3.8, 4) is 11.3 Å². The SMILES string of the molecule is CC[C@@H](CO)Nc1ncnc2onc(-c3ccc(F)cc3)c12. The molecule has 0 saturated carbocycles. The lowest BCUT2D eigenvalue weighted by Gasteiger charge is -2.14. The van der Waals surface area contributed by atoms with E-state index in [2.05, 4.69) is 20.4 Å². The van der Waals surface area contributed by atoms with Crippen molar-refractivity contribution in [1.82, 2.24) is 15.1 Å². The monoisotopic (exact) mass is 302 g/mol. The number of nitrogens with one attached hydrogen (secondary N) is 1. The molecule has 22 heavy (non-hydrogen) atoms. The predicted molar refractivity (Wildman–Crippen MR) is 79.8 cm³/mol. The van der Waals surface area contributed by atoms with Crippen molar-refractivity contribution in [1.29, 1.82) is 0 Å². The summed E-state index contributed by atoms with van der Waals surface area (Å²) in [6, 6.07) is 5.82. The van der Waals surface area contributed by atoms with Crippen molar-refractivity contribution in [2.24, 2.45) is 0 Å². The summed E-state index contributed by atoms with van der Waals surface area (Å²) in [5, 5.41) is 17.1. The molecule has 0 bridgehead atoms. The van der Waals surface area contributed by atoms with E-state index in [0.717, 1.165) is 6.42 Å². The molecule has 114 valence electrons. The zero-order chi connectivity index (χ0) is 15.5. The quantitative estimate of drug-likeness (QED) is 0.753. The highest BCUT2D eigenvalue weighted by Gasteiger charge is 2.18. The average Bonchev–Trinajstić information content (AvgIpc) is 2.98. The Bertz CT molecular complexity index is 769. The molecule has 3 rings (SSSR count). The zero-order valence-corrected chi connectivity index (χ0v) is 12.0. The molecule has 0 saturated heterocycles. The second-order valence-electron chi connectivity index (χ2n) is 4.87. The summed E-state index contributed by atoms with van der Waals surface area (Å²) >= 11 is 0. The van der Waals surface area contributed by atoms with Gasteiger partial charge in [-0.05, 0) is 30.7 Å². The number of halogens is 1. The highest BCUT2D eigenvalue weighted by atomic mass is 19.1. The summed E-state index contributed by atoms with van der Waals surface area (Å²) in [5.74, 6) is 0.212. The number of rotatable bonds is 5. The lowest BCUT2D eigenvalue weighted by Crippen LogP contribution is -2.23. The van der Waals surface area contributed by atoms with Gasteiger partial charge < -0.3 is 14.9 Å². The van der Waals surface area contributed by atoms with Crippen LogP contribution in [0.4, 0.5) is 10.2 Å². The Kier molecular flexibility index (Phi) is 3.97. The molecule has 0 aliphatic carbocycles. The van der Waals surface area contributed by atoms with E-state index in [9.17, 15) is 9.50 Å². The van der Waals surface area contributed by atoms with Crippen molar-refractivity contribution in [2.45, 2.75) is 19.4 Å². The highest BCUT2D eigenvalue weighted by molar-refractivity contribution is 5.97. The fourth-order valence-electron chi connectivity index (χ4n) is 2.17. The summed E-state index contributed by atoms with van der Waals surface area (Å²) in [7, 11) is 0. The van der Waals surface area contributed by atoms with Gasteiger partial charge in [0, 0.05) is 5.56 Å². The van der Waals surface area contributed by atoms with Crippen LogP contribution in [0.25, 0.3) is 22.4 Å². The normalized spacial score (nSPS) is 12.5. The molecule has 1 atom stereocenters. The molecule has 0 fully saturated rings. The summed E-state index contributed by atoms with van der Waals surface area (Å²) in [5.41, 5.74) is 1.57. The second-order valence-corrected chi connectivity index (χ2v) is 4.87. The van der Waals surface area contributed by atoms with E-state index in [0.29, 0.717) is 28.2 Å². The summed E-state index contributed by atoms with van der Waals surface area (Å²) in [6.07, 6.45) is 2.10. The van der Waals surface area contributed by atoms with Crippen molar-refractivity contribution in [3.63, 3.8) is 0 Å². The lowest BCUT2D eigenvalue weighted by molar-refractivity contribution is 0.271. The Morgan fingerprint density at radius 1 is 1.27 bits per heavy atom. The third-order valence-electron chi connectivity index (χ3n) is 3.44. The molecule has 0 amide bonds. The Morgan fingerprint density at radius 2 is 2.05 bits per heavy atom. The van der Waals surface area contributed by atoms with Gasteiger partial charge in [-0.15, -0.1) is 0 Å². The summed E-state index contributed by atoms with van der Waals surface area (Å²) < 4.78 is 18.3. The molecular weight excluding hydrogens is 287 g/mol. The van der Waals surface area contributed by atoms with Crippen LogP contribution in [0.5, 0.6) is 0 Å². The number of aliphatic hydroxyl groups is 1. The predicted octanol–water partition coefficient (Wildman–Crippen LogP) is 2.61. The van der Waals surface area contributed by atoms with Gasteiger partial charge in [-0.3, -0.25) is 0 Å². The van der Waals surface area contributed by atoms with E-state index in [1.807, 2.05) is 6.92 Å². The third-order valence-corrected chi connectivity index (χ3v) is 3.44. The van der Waals surface area contributed by atoms with Crippen LogP contribution in [0.15, 0.2) is 35.1 Å². The first-order valence-electron chi connectivity index (χ1n) is 6.96. The molecule has 0 radical (unpaired) electrons. The molecule has 0 aliphatic rings. The van der Waals surface area contributed by atoms with Gasteiger partial charge in [0.1, 0.15) is 29.0 Å². The van der Waals surface area contributed by atoms with E-state index in [-0.39, 0.29) is 18.5 Å². The molecule has 2 aromatic heterocycles. The molecule has 7 heteroatoms. The number of hydrogen-bond donors (Lipinski definition) is 2. The average molecular weight is 302 g/mol. The van der Waals surface area contributed by atoms with Gasteiger partial charge in [0.15, 0.2) is 0 Å². The topological polar surface area (TPSA) is 84.1 Å². The van der Waals surface area contributed by atoms with Crippen LogP contribution in [-0.4, -0.2) is 32.9 Å². The van der Waals surface area contributed by atoms with Crippen LogP contribution in [0.1, 0.15) is 13.3 Å². The van der Waals surface area contributed by atoms with Gasteiger partial charge in [0.05, 0.1) is 12.6 Å². The largest absolute Gasteiger partial charge is 0.394 e. The Morgan fingerprint density at radius 3 is 2.73 bits per heavy atom. The molecule has 3 aromatic rings. The van der Waals surface area contributed by atoms with E-state index in [4.69, 9.17) is 4.52 Å². The number of benzene rings is 1. The fraction of sp³-hybridized carbons (Fsp3) is 0.267. The van der Waals surface area contributed by atoms with Crippen LogP contribution < -0.4 is 5.32 Å². The van der Waals surface area contributed by atoms with Gasteiger partial charge in [0.2, 0.25) is 0 Å². The maximum atomic E-state index is 13.1. The Labute approximate surface area is 126 Å². The van der Waals surface area contributed by atoms with Gasteiger partial charge >= 0.3 is 0 Å². The number of aliphatic hydroxyl groups excluding tert-OH is 1. The second kappa shape index (κ2) is 6.07. The first kappa shape index (κ1) is 14.4. The molecule has 2 N–H and O–H groups in total. The maximum Gasteiger partial charge on any atom is 0.263 e. The minimum absolute atomic E-state index is 0.0147. The van der Waals surface area contributed by atoms with Gasteiger partial charge in [-0.1, -0.05) is 12.1 Å². The molecular formula is C15H15FN4O2. The van der Waals surface area contributed by atoms with Crippen LogP contribution in [0.2, 0.25) is 0 Å². The first-order valence-corrected chi connectivity index (χ1v) is 6.96. The van der Waals surface area contributed by atoms with E-state index >= 15 is 0 Å². The highest BCUT2D eigenvalue weighted by Crippen LogP contribution is 2.31. The van der Waals surface area contributed by atoms with E-state index in [1.165, 1.54) is 18.5 Å². The minimum Gasteiger partial charge on any atom is -0.394 e. The number of anilines is 1. The van der Waals surface area contributed by atoms with Crippen molar-refractivity contribution in [3.05, 3.63) is 36.4 Å². The number of hydrogen-bond acceptors (Lipinski definition) is 6. The summed E-state index contributed by atoms with van der Waals surface area (Å²) in [4.78, 5) is 8.26. The van der Waals surface area contributed by atoms with Gasteiger partial charge in [-0.2, -0.15) is 4.98 Å². The number of nitrogens with zero attached hydrogens (tertiary/aromatic N) is 3. The molecule has 0 aliphatic heterocycles. The summed E-state index contributed by atoms with van der Waals surface area (Å²) in [6.45, 7) is 1.94. The smallest absolute Gasteiger partial charge is 0.263 e. The molecule has 2 heterocycles. The fourth-order valence-corrected chi connectivity index (χ4v) is 2.17. The zero-order valence-electron chi connectivity index (χ0n) is 12.0. The Hall–Kier alpha value is -2.54. The van der Waals surface area contributed by atoms with Crippen molar-refractivity contribution < 1.29 is 14.0 Å². The molecule has 1 aromatic carbocycles. The molecule has 0 unspecified atom stereocenters. The number of fused-ring (bicyclic) bond motifs is 1. The maximum absolute atomic E-state index is 13.1. The first-order chi connectivity index (χ1) is 10.7. The molecule has 0 spiro atoms. The van der Waals surface area contributed by atoms with Crippen molar-refractivity contribution in [2.75, 3.05) is 11.9 Å². The van der Waals surface area contributed by atoms with E-state index < -0.39 is 0 Å². The standard InChI is InChI=1S/C15H15FN4O2/c1-2-11(7-21)19-14-12-13(9-3-5-10(16)6-4-9)20-22-15(12)18-8-17-14/h3-6,8,11,21H,2,7H2,1H3,(H,17,18,19)/t11-/m0/s1. The van der Waals surface area contributed by atoms with E-state index in [1.54, 1.807) is 12.1 Å². The lowest BCUT2D eigenvalue weighted by atomic mass is 10.1. The van der Waals surface area contributed by atoms with Crippen LogP contribution in [0, 0.1) is 5.82 Å². The van der Waals surface area contributed by atoms with Crippen LogP contribution in [0.3, 0.4) is 0 Å². The van der Waals surface area contributed by atoms with Crippen molar-refractivity contribution >= 4 is 16.9 Å². The number of aromatic nitrogens is 3. The van der Waals surface area contributed by atoms with Gasteiger partial charge in [-0.25, -0.2) is 9.37 Å². The third kappa shape index (κ3) is 2.62. The molecule has 6 nitrogen and oxygen atoms in total. The van der Waals surface area contributed by atoms with Crippen LogP contribution in [-0.2, 0) is 0 Å². The van der Waals surface area contributed by atoms with Crippen LogP contribution >= 0.6 is 0 Å². The minimum atomic E-state index is -0.322. The Balaban J connectivity index is 2.10.